The average molecular weight is 305 g/mol. The second-order valence-electron chi connectivity index (χ2n) is 3.73. The van der Waals surface area contributed by atoms with Crippen molar-refractivity contribution in [1.29, 1.82) is 0 Å². The number of aliphatic imine (C=N–C) groups is 1. The van der Waals surface area contributed by atoms with E-state index in [0.717, 1.165) is 0 Å². The summed E-state index contributed by atoms with van der Waals surface area (Å²) in [6.07, 6.45) is -6.45. The Morgan fingerprint density at radius 1 is 0.900 bits per heavy atom. The molecule has 1 rings (SSSR count). The molecule has 0 bridgehead atoms. The Morgan fingerprint density at radius 2 is 1.35 bits per heavy atom. The zero-order chi connectivity index (χ0) is 15.8. The molecule has 0 fully saturated rings. The molecule has 112 valence electrons. The van der Waals surface area contributed by atoms with E-state index in [-0.39, 0.29) is 0 Å². The Balaban J connectivity index is 3.34. The van der Waals surface area contributed by atoms with Crippen LogP contribution in [-0.2, 0) is 0 Å². The normalized spacial score (nSPS) is 14.6. The smallest absolute Gasteiger partial charge is 0.286 e. The van der Waals surface area contributed by atoms with Gasteiger partial charge in [-0.1, -0.05) is 12.1 Å². The zero-order valence-electron chi connectivity index (χ0n) is 9.78. The Hall–Kier alpha value is -1.67. The fourth-order valence-electron chi connectivity index (χ4n) is 1.39. The molecule has 0 saturated heterocycles. The average Bonchev–Trinajstić information content (AvgIpc) is 2.30. The predicted molar refractivity (Wildman–Crippen MR) is 54.8 cm³/mol. The fourth-order valence-corrected chi connectivity index (χ4v) is 1.39. The molecule has 0 saturated carbocycles. The van der Waals surface area contributed by atoms with E-state index >= 15 is 0 Å². The molecular weight excluding hydrogens is 298 g/mol. The second kappa shape index (κ2) is 5.02. The Morgan fingerprint density at radius 3 is 1.70 bits per heavy atom. The van der Waals surface area contributed by atoms with Gasteiger partial charge in [-0.15, -0.1) is 0 Å². The number of alkyl halides is 7. The van der Waals surface area contributed by atoms with Gasteiger partial charge in [0.2, 0.25) is 0 Å². The summed E-state index contributed by atoms with van der Waals surface area (Å²) in [5.41, 5.74) is -2.51. The minimum atomic E-state index is -6.45. The first kappa shape index (κ1) is 16.4. The fraction of sp³-hybridized carbons (Fsp3) is 0.364. The molecule has 0 aromatic heterocycles. The van der Waals surface area contributed by atoms with Gasteiger partial charge in [0.05, 0.1) is 0 Å². The summed E-state index contributed by atoms with van der Waals surface area (Å²) >= 11 is 0. The molecule has 0 heterocycles. The van der Waals surface area contributed by atoms with Crippen LogP contribution in [0.1, 0.15) is 5.56 Å². The largest absolute Gasteiger partial charge is 0.460 e. The summed E-state index contributed by atoms with van der Waals surface area (Å²) in [6, 6.07) is 2.56. The Bertz CT molecular complexity index is 500. The van der Waals surface area contributed by atoms with Crippen molar-refractivity contribution in [1.82, 2.24) is 0 Å². The van der Waals surface area contributed by atoms with Gasteiger partial charge in [0.25, 0.3) is 0 Å². The number of hydrogen-bond acceptors (Lipinski definition) is 1. The van der Waals surface area contributed by atoms with Crippen LogP contribution in [0.25, 0.3) is 0 Å². The SMILES string of the molecule is C/N=C(/c1ccc(F)cc1)C(F)(F)C(F)(F)C(F)(F)F. The number of rotatable bonds is 3. The Labute approximate surface area is 107 Å². The lowest BCUT2D eigenvalue weighted by Gasteiger charge is -2.29. The van der Waals surface area contributed by atoms with Crippen molar-refractivity contribution < 1.29 is 35.1 Å². The van der Waals surface area contributed by atoms with Gasteiger partial charge in [0, 0.05) is 12.6 Å². The monoisotopic (exact) mass is 305 g/mol. The van der Waals surface area contributed by atoms with Crippen molar-refractivity contribution in [2.45, 2.75) is 18.0 Å². The third kappa shape index (κ3) is 2.61. The van der Waals surface area contributed by atoms with Crippen LogP contribution in [0.15, 0.2) is 29.3 Å². The highest BCUT2D eigenvalue weighted by molar-refractivity contribution is 6.06. The van der Waals surface area contributed by atoms with Crippen LogP contribution in [0.2, 0.25) is 0 Å². The van der Waals surface area contributed by atoms with Gasteiger partial charge in [-0.25, -0.2) is 4.39 Å². The summed E-state index contributed by atoms with van der Waals surface area (Å²) in [5, 5.41) is 0. The van der Waals surface area contributed by atoms with Gasteiger partial charge in [-0.05, 0) is 12.1 Å². The molecule has 0 aliphatic carbocycles. The van der Waals surface area contributed by atoms with Crippen molar-refractivity contribution in [2.24, 2.45) is 4.99 Å². The summed E-state index contributed by atoms with van der Waals surface area (Å²) in [4.78, 5) is 2.80. The zero-order valence-corrected chi connectivity index (χ0v) is 9.78. The second-order valence-corrected chi connectivity index (χ2v) is 3.73. The van der Waals surface area contributed by atoms with Gasteiger partial charge in [0.1, 0.15) is 11.5 Å². The van der Waals surface area contributed by atoms with Crippen LogP contribution >= 0.6 is 0 Å². The lowest BCUT2D eigenvalue weighted by Crippen LogP contribution is -2.56. The summed E-state index contributed by atoms with van der Waals surface area (Å²) in [5.74, 6) is -12.8. The van der Waals surface area contributed by atoms with E-state index in [1.165, 1.54) is 0 Å². The molecule has 1 nitrogen and oxygen atoms in total. The first-order valence-electron chi connectivity index (χ1n) is 5.00. The highest BCUT2D eigenvalue weighted by Gasteiger charge is 2.74. The van der Waals surface area contributed by atoms with Crippen molar-refractivity contribution in [3.05, 3.63) is 35.6 Å². The van der Waals surface area contributed by atoms with Crippen LogP contribution in [0, 0.1) is 5.82 Å². The molecule has 0 aliphatic rings. The van der Waals surface area contributed by atoms with Crippen LogP contribution < -0.4 is 0 Å². The van der Waals surface area contributed by atoms with Crippen molar-refractivity contribution in [3.63, 3.8) is 0 Å². The molecule has 20 heavy (non-hydrogen) atoms. The van der Waals surface area contributed by atoms with Crippen LogP contribution in [0.3, 0.4) is 0 Å². The molecule has 0 atom stereocenters. The van der Waals surface area contributed by atoms with Gasteiger partial charge >= 0.3 is 18.0 Å². The van der Waals surface area contributed by atoms with Gasteiger partial charge in [-0.2, -0.15) is 30.7 Å². The summed E-state index contributed by atoms with van der Waals surface area (Å²) < 4.78 is 101. The van der Waals surface area contributed by atoms with Crippen LogP contribution in [0.4, 0.5) is 35.1 Å². The van der Waals surface area contributed by atoms with Crippen molar-refractivity contribution in [2.75, 3.05) is 7.05 Å². The van der Waals surface area contributed by atoms with Crippen LogP contribution in [-0.4, -0.2) is 30.8 Å². The molecule has 0 spiro atoms. The summed E-state index contributed by atoms with van der Waals surface area (Å²) in [7, 11) is 0.638. The molecule has 0 aliphatic heterocycles. The van der Waals surface area contributed by atoms with E-state index in [0.29, 0.717) is 31.3 Å². The van der Waals surface area contributed by atoms with E-state index in [9.17, 15) is 35.1 Å². The lowest BCUT2D eigenvalue weighted by atomic mass is 9.99. The van der Waals surface area contributed by atoms with Gasteiger partial charge < -0.3 is 0 Å². The van der Waals surface area contributed by atoms with Crippen molar-refractivity contribution in [3.8, 4) is 0 Å². The van der Waals surface area contributed by atoms with Gasteiger partial charge in [-0.3, -0.25) is 4.99 Å². The number of halogens is 8. The first-order valence-corrected chi connectivity index (χ1v) is 5.00. The van der Waals surface area contributed by atoms with Crippen molar-refractivity contribution >= 4 is 5.71 Å². The third-order valence-electron chi connectivity index (χ3n) is 2.39. The minimum absolute atomic E-state index is 0.637. The van der Waals surface area contributed by atoms with E-state index in [1.807, 2.05) is 0 Å². The van der Waals surface area contributed by atoms with E-state index in [1.54, 1.807) is 0 Å². The molecule has 1 aromatic carbocycles. The molecular formula is C11H7F8N. The number of nitrogens with zero attached hydrogens (tertiary/aromatic N) is 1. The highest BCUT2D eigenvalue weighted by atomic mass is 19.4. The molecule has 1 aromatic rings. The first-order chi connectivity index (χ1) is 8.95. The topological polar surface area (TPSA) is 12.4 Å². The molecule has 0 amide bonds. The molecule has 0 N–H and O–H groups in total. The maximum atomic E-state index is 13.5. The quantitative estimate of drug-likeness (QED) is 0.589. The third-order valence-corrected chi connectivity index (χ3v) is 2.39. The maximum Gasteiger partial charge on any atom is 0.460 e. The molecule has 9 heteroatoms. The van der Waals surface area contributed by atoms with E-state index in [2.05, 4.69) is 4.99 Å². The predicted octanol–water partition coefficient (Wildman–Crippen LogP) is 4.08. The number of benzene rings is 1. The standard InChI is InChI=1S/C11H7F8N/c1-20-8(6-2-4-7(12)5-3-6)9(13,14)10(15,16)11(17,18)19/h2-5H,1H3/b20-8-. The van der Waals surface area contributed by atoms with Crippen LogP contribution in [0.5, 0.6) is 0 Å². The lowest BCUT2D eigenvalue weighted by molar-refractivity contribution is -0.336. The summed E-state index contributed by atoms with van der Waals surface area (Å²) in [6.45, 7) is 0. The Kier molecular flexibility index (Phi) is 4.12. The maximum absolute atomic E-state index is 13.5. The molecule has 0 unspecified atom stereocenters. The molecule has 0 radical (unpaired) electrons. The van der Waals surface area contributed by atoms with E-state index < -0.39 is 35.1 Å². The highest BCUT2D eigenvalue weighted by Crippen LogP contribution is 2.48. The van der Waals surface area contributed by atoms with E-state index in [4.69, 9.17) is 0 Å². The minimum Gasteiger partial charge on any atom is -0.286 e. The number of hydrogen-bond donors (Lipinski definition) is 0. The van der Waals surface area contributed by atoms with Gasteiger partial charge in [0.15, 0.2) is 0 Å².